The Hall–Kier alpha value is -0.980. The van der Waals surface area contributed by atoms with E-state index in [1.165, 1.54) is 6.07 Å². The van der Waals surface area contributed by atoms with Crippen LogP contribution in [0.15, 0.2) is 22.7 Å². The molecule has 0 unspecified atom stereocenters. The van der Waals surface area contributed by atoms with Gasteiger partial charge in [-0.25, -0.2) is 4.39 Å². The van der Waals surface area contributed by atoms with Gasteiger partial charge in [0.1, 0.15) is 5.82 Å². The Kier molecular flexibility index (Phi) is 3.79. The number of nitrogens with zero attached hydrogens (tertiary/aromatic N) is 1. The second-order valence-electron chi connectivity index (χ2n) is 5.03. The molecule has 2 saturated heterocycles. The number of piperidine rings is 1. The van der Waals surface area contributed by atoms with E-state index >= 15 is 0 Å². The van der Waals surface area contributed by atoms with Crippen LogP contribution in [0, 0.1) is 5.82 Å². The van der Waals surface area contributed by atoms with E-state index in [0.29, 0.717) is 49.2 Å². The lowest BCUT2D eigenvalue weighted by molar-refractivity contribution is -0.181. The topological polar surface area (TPSA) is 38.8 Å². The van der Waals surface area contributed by atoms with Gasteiger partial charge in [0.2, 0.25) is 0 Å². The number of halogens is 2. The van der Waals surface area contributed by atoms with Gasteiger partial charge in [-0.1, -0.05) is 0 Å². The number of ether oxygens (including phenoxy) is 2. The highest BCUT2D eigenvalue weighted by molar-refractivity contribution is 9.10. The maximum absolute atomic E-state index is 13.5. The fourth-order valence-electron chi connectivity index (χ4n) is 2.65. The minimum Gasteiger partial charge on any atom is -0.347 e. The Labute approximate surface area is 125 Å². The summed E-state index contributed by atoms with van der Waals surface area (Å²) in [6, 6.07) is 4.44. The zero-order chi connectivity index (χ0) is 14.2. The normalized spacial score (nSPS) is 21.4. The molecule has 3 rings (SSSR count). The van der Waals surface area contributed by atoms with Crippen molar-refractivity contribution in [2.45, 2.75) is 18.6 Å². The van der Waals surface area contributed by atoms with Gasteiger partial charge in [-0.3, -0.25) is 4.79 Å². The summed E-state index contributed by atoms with van der Waals surface area (Å²) in [5, 5.41) is 0. The first-order valence-corrected chi connectivity index (χ1v) is 7.41. The van der Waals surface area contributed by atoms with E-state index in [4.69, 9.17) is 9.47 Å². The van der Waals surface area contributed by atoms with Gasteiger partial charge >= 0.3 is 0 Å². The molecule has 0 bridgehead atoms. The van der Waals surface area contributed by atoms with Crippen molar-refractivity contribution in [3.05, 3.63) is 34.1 Å². The van der Waals surface area contributed by atoms with Crippen LogP contribution >= 0.6 is 15.9 Å². The van der Waals surface area contributed by atoms with Gasteiger partial charge in [0.15, 0.2) is 5.79 Å². The fraction of sp³-hybridized carbons (Fsp3) is 0.500. The van der Waals surface area contributed by atoms with Crippen LogP contribution in [0.2, 0.25) is 0 Å². The second kappa shape index (κ2) is 5.42. The lowest BCUT2D eigenvalue weighted by Gasteiger charge is -2.37. The Morgan fingerprint density at radius 1 is 1.25 bits per heavy atom. The molecule has 0 aromatic heterocycles. The third-order valence-corrected chi connectivity index (χ3v) is 4.44. The Morgan fingerprint density at radius 2 is 1.90 bits per heavy atom. The highest BCUT2D eigenvalue weighted by Gasteiger charge is 2.40. The lowest BCUT2D eigenvalue weighted by atomic mass is 10.0. The largest absolute Gasteiger partial charge is 0.347 e. The van der Waals surface area contributed by atoms with Gasteiger partial charge in [0, 0.05) is 31.5 Å². The predicted octanol–water partition coefficient (Wildman–Crippen LogP) is 2.57. The van der Waals surface area contributed by atoms with Crippen LogP contribution in [0.25, 0.3) is 0 Å². The maximum atomic E-state index is 13.5. The van der Waals surface area contributed by atoms with E-state index in [9.17, 15) is 9.18 Å². The van der Waals surface area contributed by atoms with Crippen LogP contribution in [0.4, 0.5) is 4.39 Å². The lowest BCUT2D eigenvalue weighted by Crippen LogP contribution is -2.47. The van der Waals surface area contributed by atoms with E-state index < -0.39 is 11.6 Å². The molecule has 2 fully saturated rings. The highest BCUT2D eigenvalue weighted by atomic mass is 79.9. The molecule has 0 saturated carbocycles. The molecule has 0 atom stereocenters. The van der Waals surface area contributed by atoms with Crippen molar-refractivity contribution in [3.8, 4) is 0 Å². The Morgan fingerprint density at radius 3 is 2.50 bits per heavy atom. The first kappa shape index (κ1) is 14.0. The number of rotatable bonds is 1. The first-order chi connectivity index (χ1) is 9.60. The molecule has 2 aliphatic heterocycles. The van der Waals surface area contributed by atoms with Gasteiger partial charge in [-0.2, -0.15) is 0 Å². The van der Waals surface area contributed by atoms with Crippen molar-refractivity contribution in [3.63, 3.8) is 0 Å². The maximum Gasteiger partial charge on any atom is 0.253 e. The van der Waals surface area contributed by atoms with Crippen molar-refractivity contribution < 1.29 is 18.7 Å². The summed E-state index contributed by atoms with van der Waals surface area (Å²) in [4.78, 5) is 14.1. The Bertz CT molecular complexity index is 521. The molecule has 4 nitrogen and oxygen atoms in total. The van der Waals surface area contributed by atoms with E-state index in [1.54, 1.807) is 17.0 Å². The van der Waals surface area contributed by atoms with Crippen molar-refractivity contribution in [2.24, 2.45) is 0 Å². The van der Waals surface area contributed by atoms with Crippen LogP contribution in [-0.4, -0.2) is 42.9 Å². The number of carbonyl (C=O) groups is 1. The molecule has 108 valence electrons. The summed E-state index contributed by atoms with van der Waals surface area (Å²) in [6.45, 7) is 2.37. The molecular weight excluding hydrogens is 329 g/mol. The molecule has 1 spiro atoms. The fourth-order valence-corrected chi connectivity index (χ4v) is 2.89. The molecule has 1 aromatic rings. The Balaban J connectivity index is 1.68. The summed E-state index contributed by atoms with van der Waals surface area (Å²) in [5.41, 5.74) is 0.370. The first-order valence-electron chi connectivity index (χ1n) is 6.62. The van der Waals surface area contributed by atoms with Crippen LogP contribution < -0.4 is 0 Å². The summed E-state index contributed by atoms with van der Waals surface area (Å²) in [7, 11) is 0. The second-order valence-corrected chi connectivity index (χ2v) is 5.88. The molecule has 2 aliphatic rings. The van der Waals surface area contributed by atoms with Crippen molar-refractivity contribution in [1.29, 1.82) is 0 Å². The van der Waals surface area contributed by atoms with Crippen LogP contribution in [0.5, 0.6) is 0 Å². The standard InChI is InChI=1S/C14H15BrFNO3/c15-11-2-1-10(9-12(11)16)13(18)17-5-3-14(4-6-17)19-7-8-20-14/h1-2,9H,3-8H2. The van der Waals surface area contributed by atoms with Crippen LogP contribution in [0.3, 0.4) is 0 Å². The van der Waals surface area contributed by atoms with Gasteiger partial charge in [-0.15, -0.1) is 0 Å². The zero-order valence-corrected chi connectivity index (χ0v) is 12.5. The summed E-state index contributed by atoms with van der Waals surface area (Å²) >= 11 is 3.08. The molecular formula is C14H15BrFNO3. The van der Waals surface area contributed by atoms with Crippen molar-refractivity contribution >= 4 is 21.8 Å². The molecule has 20 heavy (non-hydrogen) atoms. The quantitative estimate of drug-likeness (QED) is 0.786. The summed E-state index contributed by atoms with van der Waals surface area (Å²) in [6.07, 6.45) is 1.33. The third-order valence-electron chi connectivity index (χ3n) is 3.79. The minimum atomic E-state index is -0.498. The minimum absolute atomic E-state index is 0.149. The number of hydrogen-bond acceptors (Lipinski definition) is 3. The average molecular weight is 344 g/mol. The number of likely N-dealkylation sites (tertiary alicyclic amines) is 1. The van der Waals surface area contributed by atoms with E-state index in [0.717, 1.165) is 0 Å². The van der Waals surface area contributed by atoms with E-state index in [2.05, 4.69) is 15.9 Å². The average Bonchev–Trinajstić information content (AvgIpc) is 2.90. The van der Waals surface area contributed by atoms with Crippen molar-refractivity contribution in [1.82, 2.24) is 4.90 Å². The molecule has 2 heterocycles. The van der Waals surface area contributed by atoms with E-state index in [-0.39, 0.29) is 5.91 Å². The summed E-state index contributed by atoms with van der Waals surface area (Å²) in [5.74, 6) is -1.07. The third kappa shape index (κ3) is 2.60. The monoisotopic (exact) mass is 343 g/mol. The summed E-state index contributed by atoms with van der Waals surface area (Å²) < 4.78 is 25.1. The number of carbonyl (C=O) groups excluding carboxylic acids is 1. The van der Waals surface area contributed by atoms with Gasteiger partial charge in [0.25, 0.3) is 5.91 Å². The SMILES string of the molecule is O=C(c1ccc(Br)c(F)c1)N1CCC2(CC1)OCCO2. The predicted molar refractivity (Wildman–Crippen MR) is 73.9 cm³/mol. The smallest absolute Gasteiger partial charge is 0.253 e. The molecule has 1 amide bonds. The van der Waals surface area contributed by atoms with Crippen LogP contribution in [-0.2, 0) is 9.47 Å². The molecule has 6 heteroatoms. The zero-order valence-electron chi connectivity index (χ0n) is 10.9. The molecule has 0 aliphatic carbocycles. The van der Waals surface area contributed by atoms with Crippen molar-refractivity contribution in [2.75, 3.05) is 26.3 Å². The van der Waals surface area contributed by atoms with Gasteiger partial charge in [0.05, 0.1) is 17.7 Å². The highest BCUT2D eigenvalue weighted by Crippen LogP contribution is 2.31. The van der Waals surface area contributed by atoms with E-state index in [1.807, 2.05) is 0 Å². The number of amides is 1. The molecule has 1 aromatic carbocycles. The molecule has 0 radical (unpaired) electrons. The van der Waals surface area contributed by atoms with Gasteiger partial charge < -0.3 is 14.4 Å². The number of hydrogen-bond donors (Lipinski definition) is 0. The van der Waals surface area contributed by atoms with Crippen LogP contribution in [0.1, 0.15) is 23.2 Å². The number of benzene rings is 1. The molecule has 0 N–H and O–H groups in total. The van der Waals surface area contributed by atoms with Gasteiger partial charge in [-0.05, 0) is 34.1 Å².